The summed E-state index contributed by atoms with van der Waals surface area (Å²) >= 11 is 0. The van der Waals surface area contributed by atoms with Gasteiger partial charge in [-0.1, -0.05) is 6.92 Å². The molecule has 14 heavy (non-hydrogen) atoms. The number of hydrogen-bond donors (Lipinski definition) is 2. The van der Waals surface area contributed by atoms with E-state index in [0.29, 0.717) is 0 Å². The van der Waals surface area contributed by atoms with Crippen molar-refractivity contribution in [3.63, 3.8) is 0 Å². The van der Waals surface area contributed by atoms with E-state index >= 15 is 0 Å². The Bertz CT molecular complexity index is 138. The lowest BCUT2D eigenvalue weighted by atomic mass is 10.2. The summed E-state index contributed by atoms with van der Waals surface area (Å²) in [6.07, 6.45) is 5.12. The molecule has 1 aliphatic heterocycles. The monoisotopic (exact) mass is 199 g/mol. The van der Waals surface area contributed by atoms with Gasteiger partial charge >= 0.3 is 0 Å². The van der Waals surface area contributed by atoms with E-state index in [0.717, 1.165) is 32.1 Å². The van der Waals surface area contributed by atoms with Crippen molar-refractivity contribution in [2.24, 2.45) is 5.73 Å². The summed E-state index contributed by atoms with van der Waals surface area (Å²) in [4.78, 5) is 2.62. The Kier molecular flexibility index (Phi) is 6.15. The summed E-state index contributed by atoms with van der Waals surface area (Å²) in [5.41, 5.74) is 5.45. The zero-order valence-corrected chi connectivity index (χ0v) is 9.47. The summed E-state index contributed by atoms with van der Waals surface area (Å²) in [6, 6.07) is 0.785. The number of likely N-dealkylation sites (tertiary alicyclic amines) is 1. The molecule has 0 spiro atoms. The minimum atomic E-state index is 0.785. The molecule has 0 bridgehead atoms. The molecular weight excluding hydrogens is 174 g/mol. The SMILES string of the molecule is CCCN1CCCC1CNCCCN. The average Bonchev–Trinajstić information content (AvgIpc) is 2.61. The quantitative estimate of drug-likeness (QED) is 0.596. The van der Waals surface area contributed by atoms with Crippen LogP contribution in [-0.4, -0.2) is 43.7 Å². The van der Waals surface area contributed by atoms with Gasteiger partial charge < -0.3 is 11.1 Å². The van der Waals surface area contributed by atoms with E-state index in [1.165, 1.54) is 32.4 Å². The van der Waals surface area contributed by atoms with Gasteiger partial charge in [0.05, 0.1) is 0 Å². The van der Waals surface area contributed by atoms with Crippen LogP contribution in [0.4, 0.5) is 0 Å². The normalized spacial score (nSPS) is 23.1. The highest BCUT2D eigenvalue weighted by molar-refractivity contribution is 4.80. The first-order chi connectivity index (χ1) is 6.88. The Balaban J connectivity index is 2.09. The van der Waals surface area contributed by atoms with Crippen LogP contribution in [0.3, 0.4) is 0 Å². The fourth-order valence-corrected chi connectivity index (χ4v) is 2.20. The molecule has 0 aliphatic carbocycles. The predicted octanol–water partition coefficient (Wildman–Crippen LogP) is 0.799. The largest absolute Gasteiger partial charge is 0.330 e. The molecule has 1 fully saturated rings. The number of rotatable bonds is 7. The zero-order valence-electron chi connectivity index (χ0n) is 9.47. The molecule has 1 aliphatic rings. The van der Waals surface area contributed by atoms with Crippen molar-refractivity contribution in [3.05, 3.63) is 0 Å². The highest BCUT2D eigenvalue weighted by atomic mass is 15.2. The summed E-state index contributed by atoms with van der Waals surface area (Å²) in [6.45, 7) is 7.86. The fraction of sp³-hybridized carbons (Fsp3) is 1.00. The lowest BCUT2D eigenvalue weighted by Crippen LogP contribution is -2.38. The predicted molar refractivity (Wildman–Crippen MR) is 61.4 cm³/mol. The maximum atomic E-state index is 5.45. The average molecular weight is 199 g/mol. The molecule has 1 rings (SSSR count). The van der Waals surface area contributed by atoms with Crippen molar-refractivity contribution in [2.45, 2.75) is 38.6 Å². The van der Waals surface area contributed by atoms with Gasteiger partial charge in [0.1, 0.15) is 0 Å². The zero-order chi connectivity index (χ0) is 10.2. The molecule has 3 N–H and O–H groups in total. The fourth-order valence-electron chi connectivity index (χ4n) is 2.20. The Morgan fingerprint density at radius 2 is 2.36 bits per heavy atom. The second kappa shape index (κ2) is 7.21. The second-order valence-electron chi connectivity index (χ2n) is 4.18. The molecule has 84 valence electrons. The molecule has 0 aromatic carbocycles. The molecule has 0 amide bonds. The lowest BCUT2D eigenvalue weighted by Gasteiger charge is -2.24. The van der Waals surface area contributed by atoms with Crippen LogP contribution in [0.25, 0.3) is 0 Å². The first-order valence-electron chi connectivity index (χ1n) is 6.03. The van der Waals surface area contributed by atoms with Crippen molar-refractivity contribution in [1.29, 1.82) is 0 Å². The van der Waals surface area contributed by atoms with E-state index < -0.39 is 0 Å². The van der Waals surface area contributed by atoms with Gasteiger partial charge in [-0.05, 0) is 51.9 Å². The summed E-state index contributed by atoms with van der Waals surface area (Å²) in [5, 5.41) is 3.49. The second-order valence-corrected chi connectivity index (χ2v) is 4.18. The third-order valence-corrected chi connectivity index (χ3v) is 2.95. The summed E-state index contributed by atoms with van der Waals surface area (Å²) in [7, 11) is 0. The third-order valence-electron chi connectivity index (χ3n) is 2.95. The minimum absolute atomic E-state index is 0.785. The van der Waals surface area contributed by atoms with Crippen LogP contribution in [0.1, 0.15) is 32.6 Å². The van der Waals surface area contributed by atoms with Gasteiger partial charge in [-0.2, -0.15) is 0 Å². The number of nitrogens with two attached hydrogens (primary N) is 1. The van der Waals surface area contributed by atoms with Gasteiger partial charge in [0.15, 0.2) is 0 Å². The maximum Gasteiger partial charge on any atom is 0.0221 e. The molecule has 1 heterocycles. The van der Waals surface area contributed by atoms with Gasteiger partial charge in [-0.3, -0.25) is 4.90 Å². The van der Waals surface area contributed by atoms with E-state index in [1.807, 2.05) is 0 Å². The van der Waals surface area contributed by atoms with E-state index in [1.54, 1.807) is 0 Å². The molecule has 0 saturated carbocycles. The van der Waals surface area contributed by atoms with Crippen LogP contribution in [-0.2, 0) is 0 Å². The molecule has 1 unspecified atom stereocenters. The van der Waals surface area contributed by atoms with Crippen LogP contribution < -0.4 is 11.1 Å². The summed E-state index contributed by atoms with van der Waals surface area (Å²) < 4.78 is 0. The van der Waals surface area contributed by atoms with Crippen molar-refractivity contribution in [2.75, 3.05) is 32.7 Å². The van der Waals surface area contributed by atoms with Gasteiger partial charge in [0, 0.05) is 12.6 Å². The van der Waals surface area contributed by atoms with Gasteiger partial charge in [0.2, 0.25) is 0 Å². The lowest BCUT2D eigenvalue weighted by molar-refractivity contribution is 0.248. The third kappa shape index (κ3) is 3.95. The van der Waals surface area contributed by atoms with Gasteiger partial charge in [-0.25, -0.2) is 0 Å². The Morgan fingerprint density at radius 1 is 1.50 bits per heavy atom. The van der Waals surface area contributed by atoms with E-state index in [4.69, 9.17) is 5.73 Å². The molecule has 0 aromatic rings. The smallest absolute Gasteiger partial charge is 0.0221 e. The van der Waals surface area contributed by atoms with Crippen LogP contribution in [0.5, 0.6) is 0 Å². The highest BCUT2D eigenvalue weighted by Gasteiger charge is 2.22. The van der Waals surface area contributed by atoms with Crippen LogP contribution in [0.15, 0.2) is 0 Å². The van der Waals surface area contributed by atoms with Crippen molar-refractivity contribution in [3.8, 4) is 0 Å². The highest BCUT2D eigenvalue weighted by Crippen LogP contribution is 2.16. The maximum absolute atomic E-state index is 5.45. The molecule has 1 saturated heterocycles. The van der Waals surface area contributed by atoms with E-state index in [9.17, 15) is 0 Å². The number of nitrogens with zero attached hydrogens (tertiary/aromatic N) is 1. The van der Waals surface area contributed by atoms with E-state index in [2.05, 4.69) is 17.1 Å². The van der Waals surface area contributed by atoms with Crippen LogP contribution >= 0.6 is 0 Å². The first-order valence-corrected chi connectivity index (χ1v) is 6.03. The van der Waals surface area contributed by atoms with E-state index in [-0.39, 0.29) is 0 Å². The van der Waals surface area contributed by atoms with Crippen molar-refractivity contribution in [1.82, 2.24) is 10.2 Å². The van der Waals surface area contributed by atoms with Gasteiger partial charge in [0.25, 0.3) is 0 Å². The minimum Gasteiger partial charge on any atom is -0.330 e. The molecule has 3 nitrogen and oxygen atoms in total. The molecule has 0 radical (unpaired) electrons. The molecule has 0 aromatic heterocycles. The van der Waals surface area contributed by atoms with Crippen molar-refractivity contribution >= 4 is 0 Å². The van der Waals surface area contributed by atoms with Gasteiger partial charge in [-0.15, -0.1) is 0 Å². The Hall–Kier alpha value is -0.120. The molecule has 1 atom stereocenters. The van der Waals surface area contributed by atoms with Crippen LogP contribution in [0, 0.1) is 0 Å². The van der Waals surface area contributed by atoms with Crippen molar-refractivity contribution < 1.29 is 0 Å². The number of hydrogen-bond acceptors (Lipinski definition) is 3. The summed E-state index contributed by atoms with van der Waals surface area (Å²) in [5.74, 6) is 0. The topological polar surface area (TPSA) is 41.3 Å². The van der Waals surface area contributed by atoms with Crippen LogP contribution in [0.2, 0.25) is 0 Å². The standard InChI is InChI=1S/C11H25N3/c1-2-8-14-9-3-5-11(14)10-13-7-4-6-12/h11,13H,2-10,12H2,1H3. The Labute approximate surface area is 88.0 Å². The number of nitrogens with one attached hydrogen (secondary N) is 1. The first kappa shape index (κ1) is 12.0. The Morgan fingerprint density at radius 3 is 3.07 bits per heavy atom. The molecular formula is C11H25N3. The molecule has 3 heteroatoms.